The Bertz CT molecular complexity index is 1060. The second kappa shape index (κ2) is 7.60. The average Bonchev–Trinajstić information content (AvgIpc) is 3.23. The minimum atomic E-state index is -0.0914. The first-order valence-electron chi connectivity index (χ1n) is 9.02. The Kier molecular flexibility index (Phi) is 5.16. The number of nitrogens with zero attached hydrogens (tertiary/aromatic N) is 2. The van der Waals surface area contributed by atoms with Crippen molar-refractivity contribution in [1.82, 2.24) is 9.97 Å². The summed E-state index contributed by atoms with van der Waals surface area (Å²) in [6.45, 7) is 8.55. The van der Waals surface area contributed by atoms with Gasteiger partial charge in [0, 0.05) is 27.9 Å². The number of nitrogens with one attached hydrogen (secondary N) is 1. The van der Waals surface area contributed by atoms with Gasteiger partial charge in [-0.3, -0.25) is 4.79 Å². The summed E-state index contributed by atoms with van der Waals surface area (Å²) < 4.78 is 10.7. The number of hydrogen-bond acceptors (Lipinski definition) is 7. The molecule has 0 radical (unpaired) electrons. The van der Waals surface area contributed by atoms with Crippen molar-refractivity contribution in [2.24, 2.45) is 0 Å². The Balaban J connectivity index is 1.52. The molecule has 0 spiro atoms. The molecule has 2 aromatic heterocycles. The second-order valence-electron chi connectivity index (χ2n) is 6.91. The topological polar surface area (TPSA) is 73.3 Å². The Labute approximate surface area is 171 Å². The van der Waals surface area contributed by atoms with Crippen LogP contribution < -0.4 is 14.8 Å². The molecule has 1 aliphatic heterocycles. The number of anilines is 1. The summed E-state index contributed by atoms with van der Waals surface area (Å²) in [7, 11) is 0. The maximum absolute atomic E-state index is 12.5. The fourth-order valence-electron chi connectivity index (χ4n) is 2.90. The van der Waals surface area contributed by atoms with E-state index in [1.54, 1.807) is 23.5 Å². The zero-order chi connectivity index (χ0) is 19.8. The number of benzene rings is 1. The van der Waals surface area contributed by atoms with Crippen molar-refractivity contribution >= 4 is 44.9 Å². The average molecular weight is 416 g/mol. The van der Waals surface area contributed by atoms with Crippen LogP contribution in [0.3, 0.4) is 0 Å². The van der Waals surface area contributed by atoms with E-state index in [9.17, 15) is 4.79 Å². The summed E-state index contributed by atoms with van der Waals surface area (Å²) in [5, 5.41) is 4.85. The maximum atomic E-state index is 12.5. The number of thiophene rings is 1. The molecule has 6 nitrogen and oxygen atoms in total. The maximum Gasteiger partial charge on any atom is 0.234 e. The summed E-state index contributed by atoms with van der Waals surface area (Å²) in [4.78, 5) is 24.2. The van der Waals surface area contributed by atoms with Gasteiger partial charge < -0.3 is 14.8 Å². The van der Waals surface area contributed by atoms with Gasteiger partial charge in [-0.15, -0.1) is 11.3 Å². The van der Waals surface area contributed by atoms with E-state index in [0.717, 1.165) is 21.1 Å². The number of amides is 1. The monoisotopic (exact) mass is 415 g/mol. The highest BCUT2D eigenvalue weighted by Crippen LogP contribution is 2.37. The molecule has 146 valence electrons. The fourth-order valence-corrected chi connectivity index (χ4v) is 4.89. The van der Waals surface area contributed by atoms with E-state index < -0.39 is 0 Å². The number of aromatic nitrogens is 2. The quantitative estimate of drug-likeness (QED) is 0.472. The number of thioether (sulfide) groups is 1. The molecule has 0 saturated heterocycles. The highest BCUT2D eigenvalue weighted by molar-refractivity contribution is 8.00. The minimum Gasteiger partial charge on any atom is -0.454 e. The highest BCUT2D eigenvalue weighted by Gasteiger charge is 2.18. The molecule has 0 atom stereocenters. The molecule has 4 rings (SSSR count). The Morgan fingerprint density at radius 1 is 1.25 bits per heavy atom. The van der Waals surface area contributed by atoms with Crippen molar-refractivity contribution in [3.63, 3.8) is 0 Å². The normalized spacial score (nSPS) is 12.8. The predicted octanol–water partition coefficient (Wildman–Crippen LogP) is 4.89. The summed E-state index contributed by atoms with van der Waals surface area (Å²) in [5.74, 6) is 2.56. The van der Waals surface area contributed by atoms with E-state index in [0.29, 0.717) is 17.2 Å². The van der Waals surface area contributed by atoms with Crippen LogP contribution >= 0.6 is 23.1 Å². The summed E-state index contributed by atoms with van der Waals surface area (Å²) >= 11 is 3.13. The van der Waals surface area contributed by atoms with Gasteiger partial charge in [0.2, 0.25) is 12.7 Å². The number of aryl methyl sites for hydroxylation is 2. The number of fused-ring (bicyclic) bond motifs is 2. The summed E-state index contributed by atoms with van der Waals surface area (Å²) in [5.41, 5.74) is 1.88. The molecule has 1 amide bonds. The van der Waals surface area contributed by atoms with Crippen LogP contribution in [0.4, 0.5) is 5.69 Å². The smallest absolute Gasteiger partial charge is 0.234 e. The number of carbonyl (C=O) groups is 1. The lowest BCUT2D eigenvalue weighted by molar-refractivity contribution is -0.113. The van der Waals surface area contributed by atoms with E-state index in [4.69, 9.17) is 19.4 Å². The number of hydrogen-bond donors (Lipinski definition) is 1. The molecule has 0 fully saturated rings. The van der Waals surface area contributed by atoms with Gasteiger partial charge in [-0.05, 0) is 31.5 Å². The first-order valence-corrected chi connectivity index (χ1v) is 10.8. The van der Waals surface area contributed by atoms with Gasteiger partial charge in [0.05, 0.1) is 5.75 Å². The third-order valence-corrected chi connectivity index (χ3v) is 6.60. The molecule has 3 heterocycles. The largest absolute Gasteiger partial charge is 0.454 e. The molecule has 0 aliphatic carbocycles. The van der Waals surface area contributed by atoms with Gasteiger partial charge in [0.25, 0.3) is 0 Å². The predicted molar refractivity (Wildman–Crippen MR) is 113 cm³/mol. The molecule has 0 saturated carbocycles. The van der Waals surface area contributed by atoms with E-state index in [2.05, 4.69) is 33.0 Å². The third kappa shape index (κ3) is 3.66. The zero-order valence-corrected chi connectivity index (χ0v) is 17.8. The van der Waals surface area contributed by atoms with E-state index in [1.807, 2.05) is 6.07 Å². The molecular formula is C20H21N3O3S2. The van der Waals surface area contributed by atoms with Crippen molar-refractivity contribution in [2.45, 2.75) is 38.6 Å². The van der Waals surface area contributed by atoms with Crippen molar-refractivity contribution in [3.05, 3.63) is 34.5 Å². The van der Waals surface area contributed by atoms with Gasteiger partial charge in [0.1, 0.15) is 15.7 Å². The molecule has 1 aliphatic rings. The van der Waals surface area contributed by atoms with Crippen LogP contribution in [0.15, 0.2) is 23.2 Å². The molecule has 28 heavy (non-hydrogen) atoms. The van der Waals surface area contributed by atoms with Crippen LogP contribution in [0, 0.1) is 13.8 Å². The molecule has 0 unspecified atom stereocenters. The molecule has 1 N–H and O–H groups in total. The lowest BCUT2D eigenvalue weighted by Crippen LogP contribution is -2.14. The van der Waals surface area contributed by atoms with Crippen LogP contribution in [-0.2, 0) is 4.79 Å². The lowest BCUT2D eigenvalue weighted by Gasteiger charge is -2.09. The molecular weight excluding hydrogens is 394 g/mol. The summed E-state index contributed by atoms with van der Waals surface area (Å²) in [6, 6.07) is 5.38. The number of carbonyl (C=O) groups excluding carboxylic acids is 1. The van der Waals surface area contributed by atoms with Crippen molar-refractivity contribution in [2.75, 3.05) is 17.9 Å². The lowest BCUT2D eigenvalue weighted by atomic mass is 10.2. The first-order chi connectivity index (χ1) is 13.4. The van der Waals surface area contributed by atoms with E-state index >= 15 is 0 Å². The van der Waals surface area contributed by atoms with Crippen molar-refractivity contribution in [1.29, 1.82) is 0 Å². The molecule has 3 aromatic rings. The third-order valence-electron chi connectivity index (χ3n) is 4.53. The van der Waals surface area contributed by atoms with Crippen LogP contribution in [0.5, 0.6) is 11.5 Å². The Morgan fingerprint density at radius 2 is 2.04 bits per heavy atom. The molecule has 0 bridgehead atoms. The van der Waals surface area contributed by atoms with Crippen LogP contribution in [0.2, 0.25) is 0 Å². The van der Waals surface area contributed by atoms with Gasteiger partial charge in [-0.1, -0.05) is 25.6 Å². The minimum absolute atomic E-state index is 0.0914. The van der Waals surface area contributed by atoms with Crippen LogP contribution in [-0.4, -0.2) is 28.4 Å². The standard InChI is InChI=1S/C20H21N3O3S2/c1-10(2)18-22-19(17-11(3)12(4)28-20(17)23-18)27-8-16(24)21-13-5-6-14-15(7-13)26-9-25-14/h5-7,10H,8-9H2,1-4H3,(H,21,24). The van der Waals surface area contributed by atoms with Gasteiger partial charge in [-0.25, -0.2) is 9.97 Å². The Hall–Kier alpha value is -2.32. The number of rotatable bonds is 5. The zero-order valence-electron chi connectivity index (χ0n) is 16.2. The van der Waals surface area contributed by atoms with E-state index in [-0.39, 0.29) is 24.4 Å². The fraction of sp³-hybridized carbons (Fsp3) is 0.350. The Morgan fingerprint density at radius 3 is 2.82 bits per heavy atom. The molecule has 8 heteroatoms. The van der Waals surface area contributed by atoms with Crippen molar-refractivity contribution in [3.8, 4) is 11.5 Å². The van der Waals surface area contributed by atoms with Crippen molar-refractivity contribution < 1.29 is 14.3 Å². The van der Waals surface area contributed by atoms with Crippen LogP contribution in [0.25, 0.3) is 10.2 Å². The second-order valence-corrected chi connectivity index (χ2v) is 9.08. The van der Waals surface area contributed by atoms with Crippen LogP contribution in [0.1, 0.15) is 36.0 Å². The molecule has 1 aromatic carbocycles. The van der Waals surface area contributed by atoms with Gasteiger partial charge in [-0.2, -0.15) is 0 Å². The first kappa shape index (κ1) is 19.0. The van der Waals surface area contributed by atoms with E-state index in [1.165, 1.54) is 22.2 Å². The van der Waals surface area contributed by atoms with Gasteiger partial charge in [0.15, 0.2) is 11.5 Å². The SMILES string of the molecule is Cc1sc2nc(C(C)C)nc(SCC(=O)Nc3ccc4c(c3)OCO4)c2c1C. The highest BCUT2D eigenvalue weighted by atomic mass is 32.2. The number of ether oxygens (including phenoxy) is 2. The summed E-state index contributed by atoms with van der Waals surface area (Å²) in [6.07, 6.45) is 0. The van der Waals surface area contributed by atoms with Gasteiger partial charge >= 0.3 is 0 Å².